The molecule has 0 atom stereocenters. The summed E-state index contributed by atoms with van der Waals surface area (Å²) < 4.78 is 32.0. The van der Waals surface area contributed by atoms with Crippen molar-refractivity contribution >= 4 is 21.8 Å². The average molecular weight is 356 g/mol. The summed E-state index contributed by atoms with van der Waals surface area (Å²) in [6, 6.07) is 9.95. The van der Waals surface area contributed by atoms with Gasteiger partial charge >= 0.3 is 0 Å². The van der Waals surface area contributed by atoms with Crippen molar-refractivity contribution in [3.63, 3.8) is 0 Å². The van der Waals surface area contributed by atoms with E-state index in [2.05, 4.69) is 21.2 Å². The number of carbonyl (C=O) groups is 1. The first-order valence-corrected chi connectivity index (χ1v) is 6.97. The van der Waals surface area contributed by atoms with Gasteiger partial charge in [-0.2, -0.15) is 0 Å². The largest absolute Gasteiger partial charge is 0.489 e. The van der Waals surface area contributed by atoms with Crippen LogP contribution in [0.5, 0.6) is 5.75 Å². The second kappa shape index (κ2) is 7.17. The van der Waals surface area contributed by atoms with Crippen molar-refractivity contribution in [2.24, 2.45) is 0 Å². The minimum atomic E-state index is -0.769. The molecule has 1 amide bonds. The van der Waals surface area contributed by atoms with Crippen molar-refractivity contribution in [1.82, 2.24) is 5.32 Å². The first-order chi connectivity index (χ1) is 10.1. The molecule has 0 aromatic heterocycles. The van der Waals surface area contributed by atoms with Gasteiger partial charge in [-0.3, -0.25) is 4.79 Å². The molecule has 0 aliphatic carbocycles. The summed E-state index contributed by atoms with van der Waals surface area (Å²) in [6.45, 7) is 0.302. The average Bonchev–Trinajstić information content (AvgIpc) is 2.46. The van der Waals surface area contributed by atoms with E-state index in [1.807, 2.05) is 0 Å². The van der Waals surface area contributed by atoms with Gasteiger partial charge in [0.1, 0.15) is 12.4 Å². The van der Waals surface area contributed by atoms with Gasteiger partial charge < -0.3 is 10.1 Å². The van der Waals surface area contributed by atoms with Gasteiger partial charge in [-0.1, -0.05) is 15.9 Å². The molecule has 0 spiro atoms. The van der Waals surface area contributed by atoms with Crippen LogP contribution in [0.3, 0.4) is 0 Å². The Kier molecular flexibility index (Phi) is 5.27. The normalized spacial score (nSPS) is 10.2. The minimum Gasteiger partial charge on any atom is -0.489 e. The molecule has 3 nitrogen and oxygen atoms in total. The number of hydrogen-bond donors (Lipinski definition) is 1. The highest BCUT2D eigenvalue weighted by molar-refractivity contribution is 9.10. The van der Waals surface area contributed by atoms with E-state index in [0.717, 1.165) is 16.6 Å². The molecule has 2 aromatic carbocycles. The lowest BCUT2D eigenvalue weighted by atomic mass is 10.2. The van der Waals surface area contributed by atoms with Gasteiger partial charge in [-0.25, -0.2) is 8.78 Å². The lowest BCUT2D eigenvalue weighted by molar-refractivity contribution is 0.0946. The maximum atomic E-state index is 13.3. The van der Waals surface area contributed by atoms with Crippen LogP contribution in [-0.2, 0) is 0 Å². The standard InChI is InChI=1S/C15H12BrF2NO2/c16-11-3-1-10(2-4-11)15(20)19-7-8-21-14-6-5-12(17)9-13(14)18/h1-6,9H,7-8H2,(H,19,20). The van der Waals surface area contributed by atoms with Crippen LogP contribution in [0.25, 0.3) is 0 Å². The van der Waals surface area contributed by atoms with Crippen molar-refractivity contribution in [2.45, 2.75) is 0 Å². The molecule has 0 aliphatic rings. The zero-order valence-corrected chi connectivity index (χ0v) is 12.5. The lowest BCUT2D eigenvalue weighted by Gasteiger charge is -2.08. The van der Waals surface area contributed by atoms with E-state index in [-0.39, 0.29) is 24.8 Å². The van der Waals surface area contributed by atoms with E-state index in [1.54, 1.807) is 24.3 Å². The maximum Gasteiger partial charge on any atom is 0.251 e. The Morgan fingerprint density at radius 3 is 2.52 bits per heavy atom. The van der Waals surface area contributed by atoms with Crippen LogP contribution in [0.15, 0.2) is 46.9 Å². The topological polar surface area (TPSA) is 38.3 Å². The van der Waals surface area contributed by atoms with Gasteiger partial charge in [-0.05, 0) is 36.4 Å². The summed E-state index contributed by atoms with van der Waals surface area (Å²) in [4.78, 5) is 11.8. The third-order valence-corrected chi connectivity index (χ3v) is 3.17. The third-order valence-electron chi connectivity index (χ3n) is 2.65. The van der Waals surface area contributed by atoms with Crippen molar-refractivity contribution < 1.29 is 18.3 Å². The highest BCUT2D eigenvalue weighted by Crippen LogP contribution is 2.17. The Morgan fingerprint density at radius 2 is 1.86 bits per heavy atom. The van der Waals surface area contributed by atoms with Gasteiger partial charge in [0.2, 0.25) is 0 Å². The number of amides is 1. The number of halogens is 3. The van der Waals surface area contributed by atoms with E-state index in [0.29, 0.717) is 5.56 Å². The molecule has 2 aromatic rings. The van der Waals surface area contributed by atoms with Crippen LogP contribution in [0.4, 0.5) is 8.78 Å². The van der Waals surface area contributed by atoms with Crippen LogP contribution in [0.2, 0.25) is 0 Å². The summed E-state index contributed by atoms with van der Waals surface area (Å²) in [7, 11) is 0. The van der Waals surface area contributed by atoms with Crippen LogP contribution in [0, 0.1) is 11.6 Å². The van der Waals surface area contributed by atoms with Gasteiger partial charge in [0, 0.05) is 16.1 Å². The van der Waals surface area contributed by atoms with E-state index < -0.39 is 11.6 Å². The van der Waals surface area contributed by atoms with Crippen LogP contribution >= 0.6 is 15.9 Å². The second-order valence-electron chi connectivity index (χ2n) is 4.19. The molecule has 0 unspecified atom stereocenters. The molecular weight excluding hydrogens is 344 g/mol. The van der Waals surface area contributed by atoms with E-state index >= 15 is 0 Å². The molecule has 21 heavy (non-hydrogen) atoms. The molecule has 0 aliphatic heterocycles. The molecular formula is C15H12BrF2NO2. The summed E-state index contributed by atoms with van der Waals surface area (Å²) in [6.07, 6.45) is 0. The predicted molar refractivity (Wildman–Crippen MR) is 78.3 cm³/mol. The van der Waals surface area contributed by atoms with E-state index in [9.17, 15) is 13.6 Å². The van der Waals surface area contributed by atoms with Crippen LogP contribution < -0.4 is 10.1 Å². The Labute approximate surface area is 129 Å². The minimum absolute atomic E-state index is 0.0470. The number of nitrogens with one attached hydrogen (secondary N) is 1. The molecule has 0 fully saturated rings. The monoisotopic (exact) mass is 355 g/mol. The van der Waals surface area contributed by atoms with Crippen molar-refractivity contribution in [2.75, 3.05) is 13.2 Å². The van der Waals surface area contributed by atoms with Gasteiger partial charge in [0.15, 0.2) is 11.6 Å². The molecule has 6 heteroatoms. The summed E-state index contributed by atoms with van der Waals surface area (Å²) in [5, 5.41) is 2.64. The molecule has 0 bridgehead atoms. The zero-order valence-electron chi connectivity index (χ0n) is 10.9. The molecule has 110 valence electrons. The Morgan fingerprint density at radius 1 is 1.14 bits per heavy atom. The van der Waals surface area contributed by atoms with Gasteiger partial charge in [0.25, 0.3) is 5.91 Å². The first-order valence-electron chi connectivity index (χ1n) is 6.18. The number of rotatable bonds is 5. The zero-order chi connectivity index (χ0) is 15.2. The summed E-state index contributed by atoms with van der Waals surface area (Å²) in [5.74, 6) is -1.72. The second-order valence-corrected chi connectivity index (χ2v) is 5.10. The number of carbonyl (C=O) groups excluding carboxylic acids is 1. The van der Waals surface area contributed by atoms with Crippen LogP contribution in [-0.4, -0.2) is 19.1 Å². The van der Waals surface area contributed by atoms with Crippen molar-refractivity contribution in [3.8, 4) is 5.75 Å². The van der Waals surface area contributed by atoms with Gasteiger partial charge in [0.05, 0.1) is 6.54 Å². The number of benzene rings is 2. The predicted octanol–water partition coefficient (Wildman–Crippen LogP) is 3.54. The van der Waals surface area contributed by atoms with Crippen molar-refractivity contribution in [1.29, 1.82) is 0 Å². The Bertz CT molecular complexity index is 632. The summed E-state index contributed by atoms with van der Waals surface area (Å²) in [5.41, 5.74) is 0.520. The molecule has 0 heterocycles. The molecule has 0 saturated heterocycles. The SMILES string of the molecule is O=C(NCCOc1ccc(F)cc1F)c1ccc(Br)cc1. The van der Waals surface area contributed by atoms with Gasteiger partial charge in [-0.15, -0.1) is 0 Å². The highest BCUT2D eigenvalue weighted by atomic mass is 79.9. The third kappa shape index (κ3) is 4.53. The van der Waals surface area contributed by atoms with E-state index in [4.69, 9.17) is 4.74 Å². The molecule has 1 N–H and O–H groups in total. The quantitative estimate of drug-likeness (QED) is 0.833. The molecule has 0 radical (unpaired) electrons. The van der Waals surface area contributed by atoms with Crippen LogP contribution in [0.1, 0.15) is 10.4 Å². The smallest absolute Gasteiger partial charge is 0.251 e. The Hall–Kier alpha value is -1.95. The fraction of sp³-hybridized carbons (Fsp3) is 0.133. The Balaban J connectivity index is 1.79. The fourth-order valence-corrected chi connectivity index (χ4v) is 1.89. The van der Waals surface area contributed by atoms with Crippen molar-refractivity contribution in [3.05, 3.63) is 64.1 Å². The number of hydrogen-bond acceptors (Lipinski definition) is 2. The fourth-order valence-electron chi connectivity index (χ4n) is 1.62. The molecule has 0 saturated carbocycles. The maximum absolute atomic E-state index is 13.3. The summed E-state index contributed by atoms with van der Waals surface area (Å²) >= 11 is 3.28. The molecule has 2 rings (SSSR count). The lowest BCUT2D eigenvalue weighted by Crippen LogP contribution is -2.28. The van der Waals surface area contributed by atoms with E-state index in [1.165, 1.54) is 6.07 Å². The highest BCUT2D eigenvalue weighted by Gasteiger charge is 2.06. The first kappa shape index (κ1) is 15.4. The number of ether oxygens (including phenoxy) is 1.